The van der Waals surface area contributed by atoms with Gasteiger partial charge in [-0.1, -0.05) is 5.21 Å². The van der Waals surface area contributed by atoms with Gasteiger partial charge in [0.05, 0.1) is 33.4 Å². The van der Waals surface area contributed by atoms with Gasteiger partial charge in [0.1, 0.15) is 0 Å². The molecule has 1 atom stereocenters. The molecule has 2 aromatic rings. The summed E-state index contributed by atoms with van der Waals surface area (Å²) in [5.41, 5.74) is 2.53. The lowest BCUT2D eigenvalue weighted by atomic mass is 9.96. The van der Waals surface area contributed by atoms with Gasteiger partial charge in [-0.15, -0.1) is 16.4 Å². The molecule has 4 rings (SSSR count). The van der Waals surface area contributed by atoms with Crippen LogP contribution < -0.4 is 5.32 Å². The molecule has 7 nitrogen and oxygen atoms in total. The molecular weight excluding hydrogens is 348 g/mol. The number of hydrogen-bond donors (Lipinski definition) is 1. The maximum atomic E-state index is 13.2. The van der Waals surface area contributed by atoms with Crippen LogP contribution in [0.2, 0.25) is 0 Å². The summed E-state index contributed by atoms with van der Waals surface area (Å²) in [6.45, 7) is 5.98. The Morgan fingerprint density at radius 1 is 1.27 bits per heavy atom. The number of aromatic nitrogens is 4. The number of nitrogens with one attached hydrogen (secondary N) is 1. The minimum atomic E-state index is -0.0356. The summed E-state index contributed by atoms with van der Waals surface area (Å²) in [4.78, 5) is 20.9. The Bertz CT molecular complexity index is 807. The molecule has 0 spiro atoms. The number of fused-ring (bicyclic) bond motifs is 1. The van der Waals surface area contributed by atoms with Gasteiger partial charge in [-0.25, -0.2) is 9.67 Å². The maximum absolute atomic E-state index is 13.2. The second-order valence-corrected chi connectivity index (χ2v) is 8.55. The van der Waals surface area contributed by atoms with Gasteiger partial charge in [0.25, 0.3) is 5.91 Å². The lowest BCUT2D eigenvalue weighted by molar-refractivity contribution is 0.0711. The van der Waals surface area contributed by atoms with Gasteiger partial charge in [-0.3, -0.25) is 4.79 Å². The predicted octanol–water partition coefficient (Wildman–Crippen LogP) is 2.43. The van der Waals surface area contributed by atoms with Gasteiger partial charge < -0.3 is 10.2 Å². The molecule has 1 fully saturated rings. The third-order valence-corrected chi connectivity index (χ3v) is 6.72. The van der Waals surface area contributed by atoms with Gasteiger partial charge in [-0.05, 0) is 59.0 Å². The molecule has 0 unspecified atom stereocenters. The summed E-state index contributed by atoms with van der Waals surface area (Å²) in [5.74, 6) is -0.0356. The molecule has 0 saturated carbocycles. The van der Waals surface area contributed by atoms with Gasteiger partial charge in [-0.2, -0.15) is 0 Å². The molecule has 0 radical (unpaired) electrons. The molecular formula is C18H26N6OS. The van der Waals surface area contributed by atoms with Gasteiger partial charge >= 0.3 is 0 Å². The van der Waals surface area contributed by atoms with Crippen LogP contribution in [0.15, 0.2) is 0 Å². The van der Waals surface area contributed by atoms with E-state index >= 15 is 0 Å². The fourth-order valence-electron chi connectivity index (χ4n) is 4.13. The predicted molar refractivity (Wildman–Crippen MR) is 101 cm³/mol. The van der Waals surface area contributed by atoms with E-state index in [1.807, 2.05) is 30.5 Å². The van der Waals surface area contributed by atoms with Crippen LogP contribution in [0.4, 0.5) is 0 Å². The molecule has 0 aromatic carbocycles. The van der Waals surface area contributed by atoms with E-state index in [1.54, 1.807) is 11.3 Å². The van der Waals surface area contributed by atoms with Gasteiger partial charge in [0.2, 0.25) is 0 Å². The number of piperidine rings is 1. The highest BCUT2D eigenvalue weighted by molar-refractivity contribution is 7.11. The van der Waals surface area contributed by atoms with E-state index in [2.05, 4.69) is 20.6 Å². The van der Waals surface area contributed by atoms with Gasteiger partial charge in [0.15, 0.2) is 5.69 Å². The summed E-state index contributed by atoms with van der Waals surface area (Å²) in [6, 6.07) is 0.432. The Hall–Kier alpha value is -1.80. The molecule has 8 heteroatoms. The lowest BCUT2D eigenvalue weighted by Gasteiger charge is -2.30. The number of aryl methyl sites for hydroxylation is 2. The van der Waals surface area contributed by atoms with Crippen LogP contribution in [0.1, 0.15) is 69.5 Å². The van der Waals surface area contributed by atoms with E-state index in [-0.39, 0.29) is 11.9 Å². The number of nitrogens with zero attached hydrogens (tertiary/aromatic N) is 5. The van der Waals surface area contributed by atoms with Crippen molar-refractivity contribution >= 4 is 17.2 Å². The van der Waals surface area contributed by atoms with Crippen molar-refractivity contribution in [2.24, 2.45) is 0 Å². The maximum Gasteiger partial charge on any atom is 0.276 e. The third-order valence-electron chi connectivity index (χ3n) is 5.60. The van der Waals surface area contributed by atoms with Crippen LogP contribution in [-0.4, -0.2) is 50.9 Å². The number of amides is 1. The van der Waals surface area contributed by atoms with E-state index in [0.29, 0.717) is 11.7 Å². The summed E-state index contributed by atoms with van der Waals surface area (Å²) in [7, 11) is 1.89. The fraction of sp³-hybridized carbons (Fsp3) is 0.667. The van der Waals surface area contributed by atoms with Crippen LogP contribution in [0, 0.1) is 13.8 Å². The average molecular weight is 375 g/mol. The molecule has 1 amide bonds. The van der Waals surface area contributed by atoms with E-state index in [9.17, 15) is 4.79 Å². The van der Waals surface area contributed by atoms with Crippen molar-refractivity contribution < 1.29 is 4.79 Å². The zero-order chi connectivity index (χ0) is 18.3. The Morgan fingerprint density at radius 2 is 2.04 bits per heavy atom. The molecule has 1 aliphatic carbocycles. The standard InChI is InChI=1S/C18H26N6OS/c1-11-16(21-22-24(11)13-7-9-19-10-8-13)18(25)23(3)15-6-4-5-14-17(15)26-12(2)20-14/h13,15,19H,4-10H2,1-3H3/t15-/m0/s1. The van der Waals surface area contributed by atoms with Crippen LogP contribution in [0.3, 0.4) is 0 Å². The topological polar surface area (TPSA) is 75.9 Å². The van der Waals surface area contributed by atoms with Crippen molar-refractivity contribution in [1.29, 1.82) is 0 Å². The Balaban J connectivity index is 1.57. The second-order valence-electron chi connectivity index (χ2n) is 7.32. The largest absolute Gasteiger partial charge is 0.332 e. The highest BCUT2D eigenvalue weighted by Gasteiger charge is 2.32. The zero-order valence-corrected chi connectivity index (χ0v) is 16.5. The first kappa shape index (κ1) is 17.6. The monoisotopic (exact) mass is 374 g/mol. The van der Waals surface area contributed by atoms with Crippen LogP contribution in [0.5, 0.6) is 0 Å². The number of carbonyl (C=O) groups excluding carboxylic acids is 1. The number of thiazole rings is 1. The van der Waals surface area contributed by atoms with Crippen LogP contribution in [-0.2, 0) is 6.42 Å². The number of rotatable bonds is 3. The first-order valence-corrected chi connectivity index (χ1v) is 10.2. The van der Waals surface area contributed by atoms with E-state index in [0.717, 1.165) is 55.9 Å². The quantitative estimate of drug-likeness (QED) is 0.893. The Kier molecular flexibility index (Phi) is 4.79. The van der Waals surface area contributed by atoms with Crippen molar-refractivity contribution in [2.75, 3.05) is 20.1 Å². The molecule has 1 saturated heterocycles. The van der Waals surface area contributed by atoms with E-state index < -0.39 is 0 Å². The summed E-state index contributed by atoms with van der Waals surface area (Å²) in [6.07, 6.45) is 5.13. The van der Waals surface area contributed by atoms with Crippen molar-refractivity contribution in [2.45, 2.75) is 58.0 Å². The van der Waals surface area contributed by atoms with E-state index in [4.69, 9.17) is 0 Å². The summed E-state index contributed by atoms with van der Waals surface area (Å²) < 4.78 is 1.95. The smallest absolute Gasteiger partial charge is 0.276 e. The molecule has 1 N–H and O–H groups in total. The first-order valence-electron chi connectivity index (χ1n) is 9.42. The molecule has 2 aliphatic rings. The molecule has 2 aromatic heterocycles. The SMILES string of the molecule is Cc1nc2c(s1)[C@@H](N(C)C(=O)c1nnn(C3CCNCC3)c1C)CCC2. The summed E-state index contributed by atoms with van der Waals surface area (Å²) in [5, 5.41) is 13.0. The number of carbonyl (C=O) groups is 1. The van der Waals surface area contributed by atoms with Crippen molar-refractivity contribution in [3.05, 3.63) is 27.0 Å². The van der Waals surface area contributed by atoms with Crippen molar-refractivity contribution in [3.63, 3.8) is 0 Å². The highest BCUT2D eigenvalue weighted by atomic mass is 32.1. The minimum absolute atomic E-state index is 0.0356. The molecule has 3 heterocycles. The average Bonchev–Trinajstić information content (AvgIpc) is 3.22. The van der Waals surface area contributed by atoms with Gasteiger partial charge in [0, 0.05) is 7.05 Å². The lowest BCUT2D eigenvalue weighted by Crippen LogP contribution is -2.33. The Labute approximate surface area is 157 Å². The Morgan fingerprint density at radius 3 is 2.81 bits per heavy atom. The van der Waals surface area contributed by atoms with Crippen LogP contribution >= 0.6 is 11.3 Å². The first-order chi connectivity index (χ1) is 12.6. The molecule has 26 heavy (non-hydrogen) atoms. The molecule has 140 valence electrons. The zero-order valence-electron chi connectivity index (χ0n) is 15.7. The fourth-order valence-corrected chi connectivity index (χ4v) is 5.29. The highest BCUT2D eigenvalue weighted by Crippen LogP contribution is 2.38. The summed E-state index contributed by atoms with van der Waals surface area (Å²) >= 11 is 1.72. The molecule has 1 aliphatic heterocycles. The number of hydrogen-bond acceptors (Lipinski definition) is 6. The van der Waals surface area contributed by atoms with Crippen molar-refractivity contribution in [1.82, 2.24) is 30.2 Å². The van der Waals surface area contributed by atoms with E-state index in [1.165, 1.54) is 10.6 Å². The normalized spacial score (nSPS) is 20.8. The minimum Gasteiger partial charge on any atom is -0.332 e. The van der Waals surface area contributed by atoms with Crippen molar-refractivity contribution in [3.8, 4) is 0 Å². The molecule has 0 bridgehead atoms. The second kappa shape index (κ2) is 7.08. The third kappa shape index (κ3) is 3.05. The van der Waals surface area contributed by atoms with Crippen LogP contribution in [0.25, 0.3) is 0 Å².